The first-order valence-corrected chi connectivity index (χ1v) is 6.72. The number of hydrogen-bond donors (Lipinski definition) is 1. The van der Waals surface area contributed by atoms with Crippen molar-refractivity contribution >= 4 is 0 Å². The van der Waals surface area contributed by atoms with Crippen molar-refractivity contribution in [2.75, 3.05) is 27.2 Å². The summed E-state index contributed by atoms with van der Waals surface area (Å²) in [4.78, 5) is 9.29. The predicted molar refractivity (Wildman–Crippen MR) is 74.1 cm³/mol. The van der Waals surface area contributed by atoms with Gasteiger partial charge in [0.2, 0.25) is 0 Å². The van der Waals surface area contributed by atoms with Crippen LogP contribution in [0.5, 0.6) is 0 Å². The topological polar surface area (TPSA) is 45.4 Å². The zero-order chi connectivity index (χ0) is 13.0. The van der Waals surface area contributed by atoms with Gasteiger partial charge in [-0.15, -0.1) is 0 Å². The molecule has 18 heavy (non-hydrogen) atoms. The Balaban J connectivity index is 1.99. The van der Waals surface area contributed by atoms with Crippen molar-refractivity contribution in [1.82, 2.24) is 14.8 Å². The third-order valence-electron chi connectivity index (χ3n) is 3.83. The molecule has 0 bridgehead atoms. The molecular weight excluding hydrogens is 224 g/mol. The average molecular weight is 248 g/mol. The van der Waals surface area contributed by atoms with E-state index in [9.17, 15) is 0 Å². The van der Waals surface area contributed by atoms with Gasteiger partial charge in [0, 0.05) is 31.9 Å². The maximum atomic E-state index is 5.76. The molecule has 2 rings (SSSR count). The fourth-order valence-electron chi connectivity index (χ4n) is 2.66. The highest BCUT2D eigenvalue weighted by atomic mass is 15.2. The Labute approximate surface area is 110 Å². The van der Waals surface area contributed by atoms with Crippen molar-refractivity contribution in [2.45, 2.75) is 32.0 Å². The van der Waals surface area contributed by atoms with Crippen molar-refractivity contribution < 1.29 is 0 Å². The van der Waals surface area contributed by atoms with E-state index in [4.69, 9.17) is 5.73 Å². The predicted octanol–water partition coefficient (Wildman–Crippen LogP) is 1.07. The molecule has 1 unspecified atom stereocenters. The first-order chi connectivity index (χ1) is 8.70. The van der Waals surface area contributed by atoms with E-state index in [1.807, 2.05) is 12.3 Å². The van der Waals surface area contributed by atoms with E-state index < -0.39 is 0 Å². The summed E-state index contributed by atoms with van der Waals surface area (Å²) >= 11 is 0. The third kappa shape index (κ3) is 3.28. The van der Waals surface area contributed by atoms with Crippen molar-refractivity contribution in [3.8, 4) is 0 Å². The van der Waals surface area contributed by atoms with E-state index in [-0.39, 0.29) is 0 Å². The van der Waals surface area contributed by atoms with E-state index >= 15 is 0 Å². The van der Waals surface area contributed by atoms with Crippen molar-refractivity contribution in [2.24, 2.45) is 5.73 Å². The van der Waals surface area contributed by atoms with E-state index in [2.05, 4.69) is 34.9 Å². The zero-order valence-corrected chi connectivity index (χ0v) is 11.5. The van der Waals surface area contributed by atoms with Gasteiger partial charge in [0.25, 0.3) is 0 Å². The van der Waals surface area contributed by atoms with Crippen LogP contribution in [-0.2, 0) is 13.1 Å². The van der Waals surface area contributed by atoms with Gasteiger partial charge in [-0.3, -0.25) is 9.88 Å². The molecule has 0 saturated carbocycles. The summed E-state index contributed by atoms with van der Waals surface area (Å²) in [6.07, 6.45) is 4.43. The second-order valence-electron chi connectivity index (χ2n) is 5.29. The maximum absolute atomic E-state index is 5.76. The number of nitrogens with zero attached hydrogens (tertiary/aromatic N) is 3. The molecule has 1 aromatic heterocycles. The molecule has 0 radical (unpaired) electrons. The Kier molecular flexibility index (Phi) is 4.69. The zero-order valence-electron chi connectivity index (χ0n) is 11.5. The lowest BCUT2D eigenvalue weighted by molar-refractivity contribution is 0.128. The van der Waals surface area contributed by atoms with Gasteiger partial charge in [-0.25, -0.2) is 0 Å². The number of pyridine rings is 1. The van der Waals surface area contributed by atoms with E-state index in [1.165, 1.54) is 19.4 Å². The number of nitrogens with two attached hydrogens (primary N) is 1. The fraction of sp³-hybridized carbons (Fsp3) is 0.643. The Morgan fingerprint density at radius 2 is 2.39 bits per heavy atom. The van der Waals surface area contributed by atoms with Gasteiger partial charge in [-0.05, 0) is 45.1 Å². The lowest BCUT2D eigenvalue weighted by Crippen LogP contribution is -2.44. The molecule has 1 fully saturated rings. The SMILES string of the molecule is CN1CCCC(N(C)Cc2ncccc2CN)C1. The van der Waals surface area contributed by atoms with Gasteiger partial charge >= 0.3 is 0 Å². The van der Waals surface area contributed by atoms with Crippen molar-refractivity contribution in [3.05, 3.63) is 29.6 Å². The second kappa shape index (κ2) is 6.27. The standard InChI is InChI=1S/C14H24N4/c1-17-8-4-6-13(10-17)18(2)11-14-12(9-15)5-3-7-16-14/h3,5,7,13H,4,6,8-11,15H2,1-2H3. The van der Waals surface area contributed by atoms with Crippen LogP contribution in [0.15, 0.2) is 18.3 Å². The van der Waals surface area contributed by atoms with Gasteiger partial charge in [0.1, 0.15) is 0 Å². The normalized spacial score (nSPS) is 21.4. The summed E-state index contributed by atoms with van der Waals surface area (Å²) in [5.74, 6) is 0. The van der Waals surface area contributed by atoms with Crippen LogP contribution in [0, 0.1) is 0 Å². The summed E-state index contributed by atoms with van der Waals surface area (Å²) in [5, 5.41) is 0. The van der Waals surface area contributed by atoms with Crippen LogP contribution in [-0.4, -0.2) is 48.0 Å². The van der Waals surface area contributed by atoms with Gasteiger partial charge in [0.15, 0.2) is 0 Å². The van der Waals surface area contributed by atoms with Gasteiger partial charge in [0.05, 0.1) is 5.69 Å². The first-order valence-electron chi connectivity index (χ1n) is 6.72. The molecule has 2 N–H and O–H groups in total. The Hall–Kier alpha value is -0.970. The molecule has 4 nitrogen and oxygen atoms in total. The molecule has 0 aliphatic carbocycles. The maximum Gasteiger partial charge on any atom is 0.0588 e. The minimum Gasteiger partial charge on any atom is -0.326 e. The third-order valence-corrected chi connectivity index (χ3v) is 3.83. The molecule has 0 amide bonds. The van der Waals surface area contributed by atoms with Crippen LogP contribution >= 0.6 is 0 Å². The fourth-order valence-corrected chi connectivity index (χ4v) is 2.66. The highest BCUT2D eigenvalue weighted by Crippen LogP contribution is 2.16. The first kappa shape index (κ1) is 13.5. The number of rotatable bonds is 4. The summed E-state index contributed by atoms with van der Waals surface area (Å²) in [6.45, 7) is 3.84. The average Bonchev–Trinajstić information content (AvgIpc) is 2.39. The minimum absolute atomic E-state index is 0.571. The van der Waals surface area contributed by atoms with Gasteiger partial charge in [-0.1, -0.05) is 6.07 Å². The monoisotopic (exact) mass is 248 g/mol. The minimum atomic E-state index is 0.571. The molecule has 1 saturated heterocycles. The molecule has 1 aliphatic rings. The number of hydrogen-bond acceptors (Lipinski definition) is 4. The Bertz CT molecular complexity index is 380. The summed E-state index contributed by atoms with van der Waals surface area (Å²) < 4.78 is 0. The van der Waals surface area contributed by atoms with Crippen LogP contribution in [0.3, 0.4) is 0 Å². The highest BCUT2D eigenvalue weighted by Gasteiger charge is 2.21. The smallest absolute Gasteiger partial charge is 0.0588 e. The molecule has 1 aromatic rings. The summed E-state index contributed by atoms with van der Waals surface area (Å²) in [6, 6.07) is 4.67. The number of likely N-dealkylation sites (N-methyl/N-ethyl adjacent to an activating group) is 2. The summed E-state index contributed by atoms with van der Waals surface area (Å²) in [5.41, 5.74) is 8.04. The molecular formula is C14H24N4. The largest absolute Gasteiger partial charge is 0.326 e. The van der Waals surface area contributed by atoms with Crippen LogP contribution < -0.4 is 5.73 Å². The second-order valence-corrected chi connectivity index (χ2v) is 5.29. The quantitative estimate of drug-likeness (QED) is 0.865. The lowest BCUT2D eigenvalue weighted by atomic mass is 10.0. The van der Waals surface area contributed by atoms with E-state index in [0.717, 1.165) is 24.3 Å². The van der Waals surface area contributed by atoms with Crippen molar-refractivity contribution in [1.29, 1.82) is 0 Å². The number of aromatic nitrogens is 1. The van der Waals surface area contributed by atoms with Crippen LogP contribution in [0.4, 0.5) is 0 Å². The molecule has 1 aliphatic heterocycles. The van der Waals surface area contributed by atoms with Gasteiger partial charge < -0.3 is 10.6 Å². The van der Waals surface area contributed by atoms with Gasteiger partial charge in [-0.2, -0.15) is 0 Å². The highest BCUT2D eigenvalue weighted by molar-refractivity contribution is 5.19. The lowest BCUT2D eigenvalue weighted by Gasteiger charge is -2.35. The number of likely N-dealkylation sites (tertiary alicyclic amines) is 1. The molecule has 1 atom stereocenters. The van der Waals surface area contributed by atoms with Crippen LogP contribution in [0.2, 0.25) is 0 Å². The van der Waals surface area contributed by atoms with Crippen LogP contribution in [0.25, 0.3) is 0 Å². The van der Waals surface area contributed by atoms with Crippen LogP contribution in [0.1, 0.15) is 24.1 Å². The summed E-state index contributed by atoms with van der Waals surface area (Å²) in [7, 11) is 4.39. The molecule has 0 aromatic carbocycles. The number of piperidine rings is 1. The molecule has 100 valence electrons. The molecule has 4 heteroatoms. The van der Waals surface area contributed by atoms with E-state index in [0.29, 0.717) is 12.6 Å². The van der Waals surface area contributed by atoms with Crippen molar-refractivity contribution in [3.63, 3.8) is 0 Å². The molecule has 0 spiro atoms. The Morgan fingerprint density at radius 1 is 1.56 bits per heavy atom. The Morgan fingerprint density at radius 3 is 3.11 bits per heavy atom. The van der Waals surface area contributed by atoms with E-state index in [1.54, 1.807) is 0 Å². The molecule has 2 heterocycles.